The van der Waals surface area contributed by atoms with Crippen molar-refractivity contribution in [3.63, 3.8) is 0 Å². The Morgan fingerprint density at radius 1 is 0.885 bits per heavy atom. The van der Waals surface area contributed by atoms with E-state index in [0.717, 1.165) is 30.8 Å². The molecule has 2 aromatic carbocycles. The Hall–Kier alpha value is -2.06. The van der Waals surface area contributed by atoms with Crippen LogP contribution in [0.1, 0.15) is 37.3 Å². The zero-order chi connectivity index (χ0) is 18.2. The molecule has 0 radical (unpaired) electrons. The smallest absolute Gasteiger partial charge is 0.0945 e. The summed E-state index contributed by atoms with van der Waals surface area (Å²) in [6, 6.07) is 19.1. The summed E-state index contributed by atoms with van der Waals surface area (Å²) in [5, 5.41) is 0.806. The van der Waals surface area contributed by atoms with Gasteiger partial charge in [-0.05, 0) is 60.8 Å². The van der Waals surface area contributed by atoms with Gasteiger partial charge in [-0.3, -0.25) is 0 Å². The van der Waals surface area contributed by atoms with Crippen molar-refractivity contribution in [2.45, 2.75) is 45.6 Å². The number of aromatic nitrogens is 2. The normalized spacial score (nSPS) is 13.5. The zero-order valence-electron chi connectivity index (χ0n) is 15.4. The topological polar surface area (TPSA) is 17.8 Å². The molecule has 2 nitrogen and oxygen atoms in total. The molecule has 1 heterocycles. The molecule has 3 heteroatoms. The molecule has 0 saturated heterocycles. The first-order valence-corrected chi connectivity index (χ1v) is 9.75. The Morgan fingerprint density at radius 3 is 2.15 bits per heavy atom. The molecule has 26 heavy (non-hydrogen) atoms. The third kappa shape index (κ3) is 5.74. The lowest BCUT2D eigenvalue weighted by Crippen LogP contribution is -2.21. The average Bonchev–Trinajstić information content (AvgIpc) is 3.19. The summed E-state index contributed by atoms with van der Waals surface area (Å²) in [4.78, 5) is 4.17. The van der Waals surface area contributed by atoms with Crippen LogP contribution in [0.5, 0.6) is 0 Å². The molecule has 0 aliphatic carbocycles. The fourth-order valence-electron chi connectivity index (χ4n) is 3.38. The molecule has 0 aliphatic heterocycles. The van der Waals surface area contributed by atoms with Crippen LogP contribution in [0.3, 0.4) is 0 Å². The third-order valence-electron chi connectivity index (χ3n) is 5.32. The Kier molecular flexibility index (Phi) is 6.51. The van der Waals surface area contributed by atoms with Crippen molar-refractivity contribution in [3.8, 4) is 0 Å². The molecular formula is C23H27ClN2. The quantitative estimate of drug-likeness (QED) is 0.441. The van der Waals surface area contributed by atoms with Crippen molar-refractivity contribution in [1.29, 1.82) is 0 Å². The molecule has 0 fully saturated rings. The lowest BCUT2D eigenvalue weighted by Gasteiger charge is -2.30. The summed E-state index contributed by atoms with van der Waals surface area (Å²) in [5.41, 5.74) is 3.08. The highest BCUT2D eigenvalue weighted by Crippen LogP contribution is 2.34. The van der Waals surface area contributed by atoms with Crippen molar-refractivity contribution >= 4 is 11.6 Å². The van der Waals surface area contributed by atoms with Crippen LogP contribution in [0.2, 0.25) is 5.02 Å². The first kappa shape index (κ1) is 18.7. The van der Waals surface area contributed by atoms with E-state index in [4.69, 9.17) is 11.6 Å². The predicted molar refractivity (Wildman–Crippen MR) is 109 cm³/mol. The maximum atomic E-state index is 6.02. The molecule has 0 bridgehead atoms. The van der Waals surface area contributed by atoms with Gasteiger partial charge in [0.05, 0.1) is 6.33 Å². The second kappa shape index (κ2) is 9.05. The van der Waals surface area contributed by atoms with E-state index in [0.29, 0.717) is 5.41 Å². The molecule has 1 atom stereocenters. The van der Waals surface area contributed by atoms with Gasteiger partial charge in [-0.2, -0.15) is 0 Å². The minimum atomic E-state index is 0.291. The number of imidazole rings is 1. The number of nitrogens with zero attached hydrogens (tertiary/aromatic N) is 2. The van der Waals surface area contributed by atoms with E-state index in [9.17, 15) is 0 Å². The van der Waals surface area contributed by atoms with Gasteiger partial charge in [-0.25, -0.2) is 4.98 Å². The second-order valence-electron chi connectivity index (χ2n) is 7.47. The van der Waals surface area contributed by atoms with Gasteiger partial charge in [0.25, 0.3) is 0 Å². The third-order valence-corrected chi connectivity index (χ3v) is 5.58. The van der Waals surface area contributed by atoms with Crippen LogP contribution < -0.4 is 0 Å². The SMILES string of the molecule is CC(CCc1ccccc1)(CCc1ccc(Cl)cc1)CCn1ccnc1. The van der Waals surface area contributed by atoms with Gasteiger partial charge in [-0.15, -0.1) is 0 Å². The minimum Gasteiger partial charge on any atom is -0.337 e. The second-order valence-corrected chi connectivity index (χ2v) is 7.91. The largest absolute Gasteiger partial charge is 0.337 e. The van der Waals surface area contributed by atoms with E-state index in [1.807, 2.05) is 24.7 Å². The predicted octanol–water partition coefficient (Wildman–Crippen LogP) is 6.20. The summed E-state index contributed by atoms with van der Waals surface area (Å²) in [6.07, 6.45) is 11.6. The summed E-state index contributed by atoms with van der Waals surface area (Å²) in [7, 11) is 0. The van der Waals surface area contributed by atoms with Crippen LogP contribution in [0.15, 0.2) is 73.3 Å². The van der Waals surface area contributed by atoms with Gasteiger partial charge in [0, 0.05) is 24.0 Å². The molecular weight excluding hydrogens is 340 g/mol. The van der Waals surface area contributed by atoms with Crippen molar-refractivity contribution in [2.75, 3.05) is 0 Å². The van der Waals surface area contributed by atoms with Gasteiger partial charge in [0.15, 0.2) is 0 Å². The van der Waals surface area contributed by atoms with Crippen LogP contribution in [0.4, 0.5) is 0 Å². The minimum absolute atomic E-state index is 0.291. The Labute approximate surface area is 161 Å². The Bertz CT molecular complexity index is 766. The van der Waals surface area contributed by atoms with E-state index in [1.165, 1.54) is 24.0 Å². The molecule has 0 aliphatic rings. The summed E-state index contributed by atoms with van der Waals surface area (Å²) < 4.78 is 2.18. The maximum Gasteiger partial charge on any atom is 0.0945 e. The average molecular weight is 367 g/mol. The lowest BCUT2D eigenvalue weighted by atomic mass is 9.76. The van der Waals surface area contributed by atoms with Crippen LogP contribution in [-0.4, -0.2) is 9.55 Å². The van der Waals surface area contributed by atoms with E-state index in [-0.39, 0.29) is 0 Å². The van der Waals surface area contributed by atoms with E-state index in [1.54, 1.807) is 0 Å². The van der Waals surface area contributed by atoms with Crippen LogP contribution in [0.25, 0.3) is 0 Å². The number of hydrogen-bond acceptors (Lipinski definition) is 1. The standard InChI is InChI=1S/C23H27ClN2/c1-23(15-17-26-18-16-25-19-26,13-11-20-5-3-2-4-6-20)14-12-21-7-9-22(24)10-8-21/h2-10,16,18-19H,11-15,17H2,1H3. The molecule has 0 amide bonds. The summed E-state index contributed by atoms with van der Waals surface area (Å²) in [6.45, 7) is 3.45. The highest BCUT2D eigenvalue weighted by atomic mass is 35.5. The maximum absolute atomic E-state index is 6.02. The van der Waals surface area contributed by atoms with E-state index >= 15 is 0 Å². The van der Waals surface area contributed by atoms with Gasteiger partial charge in [0.2, 0.25) is 0 Å². The van der Waals surface area contributed by atoms with Crippen molar-refractivity contribution in [1.82, 2.24) is 9.55 Å². The molecule has 1 unspecified atom stereocenters. The molecule has 136 valence electrons. The number of aryl methyl sites for hydroxylation is 3. The van der Waals surface area contributed by atoms with Gasteiger partial charge in [0.1, 0.15) is 0 Å². The van der Waals surface area contributed by atoms with Gasteiger partial charge >= 0.3 is 0 Å². The molecule has 0 spiro atoms. The Morgan fingerprint density at radius 2 is 1.54 bits per heavy atom. The highest BCUT2D eigenvalue weighted by Gasteiger charge is 2.24. The van der Waals surface area contributed by atoms with E-state index < -0.39 is 0 Å². The monoisotopic (exact) mass is 366 g/mol. The number of halogens is 1. The fourth-order valence-corrected chi connectivity index (χ4v) is 3.51. The zero-order valence-corrected chi connectivity index (χ0v) is 16.2. The van der Waals surface area contributed by atoms with Crippen LogP contribution in [0, 0.1) is 5.41 Å². The molecule has 0 N–H and O–H groups in total. The Balaban J connectivity index is 1.63. The summed E-state index contributed by atoms with van der Waals surface area (Å²) in [5.74, 6) is 0. The highest BCUT2D eigenvalue weighted by molar-refractivity contribution is 6.30. The first-order valence-electron chi connectivity index (χ1n) is 9.37. The van der Waals surface area contributed by atoms with Crippen molar-refractivity contribution < 1.29 is 0 Å². The first-order chi connectivity index (χ1) is 12.6. The van der Waals surface area contributed by atoms with E-state index in [2.05, 4.69) is 65.1 Å². The molecule has 3 aromatic rings. The number of rotatable bonds is 9. The van der Waals surface area contributed by atoms with Crippen LogP contribution in [-0.2, 0) is 19.4 Å². The van der Waals surface area contributed by atoms with Gasteiger partial charge < -0.3 is 4.57 Å². The van der Waals surface area contributed by atoms with Crippen molar-refractivity contribution in [2.24, 2.45) is 5.41 Å². The molecule has 0 saturated carbocycles. The van der Waals surface area contributed by atoms with Crippen LogP contribution >= 0.6 is 11.6 Å². The molecule has 1 aromatic heterocycles. The van der Waals surface area contributed by atoms with Crippen molar-refractivity contribution in [3.05, 3.63) is 89.5 Å². The number of benzene rings is 2. The van der Waals surface area contributed by atoms with Gasteiger partial charge in [-0.1, -0.05) is 61.0 Å². The summed E-state index contributed by atoms with van der Waals surface area (Å²) >= 11 is 6.02. The number of hydrogen-bond donors (Lipinski definition) is 0. The fraction of sp³-hybridized carbons (Fsp3) is 0.348. The molecule has 3 rings (SSSR count). The lowest BCUT2D eigenvalue weighted by molar-refractivity contribution is 0.236.